The molecule has 20 heavy (non-hydrogen) atoms. The summed E-state index contributed by atoms with van der Waals surface area (Å²) in [6.45, 7) is 2.35. The van der Waals surface area contributed by atoms with E-state index in [9.17, 15) is 14.7 Å². The van der Waals surface area contributed by atoms with Gasteiger partial charge in [0.2, 0.25) is 5.91 Å². The molecule has 1 atom stereocenters. The lowest BCUT2D eigenvalue weighted by atomic mass is 9.74. The summed E-state index contributed by atoms with van der Waals surface area (Å²) in [5.74, 6) is -0.149. The Bertz CT molecular complexity index is 345. The molecule has 1 saturated carbocycles. The van der Waals surface area contributed by atoms with Crippen LogP contribution < -0.4 is 10.6 Å². The zero-order valence-electron chi connectivity index (χ0n) is 12.1. The highest BCUT2D eigenvalue weighted by Gasteiger charge is 2.39. The van der Waals surface area contributed by atoms with Crippen molar-refractivity contribution >= 4 is 11.9 Å². The van der Waals surface area contributed by atoms with E-state index >= 15 is 0 Å². The third kappa shape index (κ3) is 3.95. The molecule has 1 unspecified atom stereocenters. The quantitative estimate of drug-likeness (QED) is 0.690. The fraction of sp³-hybridized carbons (Fsp3) is 0.867. The van der Waals surface area contributed by atoms with Crippen LogP contribution in [0.1, 0.15) is 51.4 Å². The van der Waals surface area contributed by atoms with Gasteiger partial charge in [-0.3, -0.25) is 9.59 Å². The topological polar surface area (TPSA) is 78.4 Å². The second-order valence-corrected chi connectivity index (χ2v) is 6.32. The summed E-state index contributed by atoms with van der Waals surface area (Å²) >= 11 is 0. The summed E-state index contributed by atoms with van der Waals surface area (Å²) in [6.07, 6.45) is 6.96. The number of amides is 1. The maximum atomic E-state index is 11.9. The first-order valence-corrected chi connectivity index (χ1v) is 7.83. The molecule has 1 amide bonds. The Labute approximate surface area is 120 Å². The monoisotopic (exact) mass is 282 g/mol. The third-order valence-electron chi connectivity index (χ3n) is 4.83. The summed E-state index contributed by atoms with van der Waals surface area (Å²) in [6, 6.07) is 0. The predicted octanol–water partition coefficient (Wildman–Crippen LogP) is 1.53. The SMILES string of the molecule is O=C(CCC1CCNC1)NCC1(C(=O)O)CCCCC1. The van der Waals surface area contributed by atoms with E-state index in [0.29, 0.717) is 31.7 Å². The van der Waals surface area contributed by atoms with Crippen molar-refractivity contribution in [1.82, 2.24) is 10.6 Å². The standard InChI is InChI=1S/C15H26N2O3/c18-13(5-4-12-6-9-16-10-12)17-11-15(14(19)20)7-2-1-3-8-15/h12,16H,1-11H2,(H,17,18)(H,19,20). The van der Waals surface area contributed by atoms with E-state index in [4.69, 9.17) is 0 Å². The Morgan fingerprint density at radius 2 is 2.00 bits per heavy atom. The van der Waals surface area contributed by atoms with Crippen molar-refractivity contribution in [2.45, 2.75) is 51.4 Å². The number of carbonyl (C=O) groups excluding carboxylic acids is 1. The van der Waals surface area contributed by atoms with Crippen molar-refractivity contribution in [1.29, 1.82) is 0 Å². The van der Waals surface area contributed by atoms with E-state index in [1.807, 2.05) is 0 Å². The van der Waals surface area contributed by atoms with Crippen LogP contribution in [0.5, 0.6) is 0 Å². The Morgan fingerprint density at radius 1 is 1.25 bits per heavy atom. The molecule has 2 fully saturated rings. The average Bonchev–Trinajstić information content (AvgIpc) is 2.97. The second-order valence-electron chi connectivity index (χ2n) is 6.32. The van der Waals surface area contributed by atoms with Crippen LogP contribution in [0.15, 0.2) is 0 Å². The van der Waals surface area contributed by atoms with Gasteiger partial charge in [-0.15, -0.1) is 0 Å². The number of rotatable bonds is 6. The van der Waals surface area contributed by atoms with Crippen LogP contribution in [0, 0.1) is 11.3 Å². The van der Waals surface area contributed by atoms with Crippen LogP contribution in [0.2, 0.25) is 0 Å². The lowest BCUT2D eigenvalue weighted by molar-refractivity contribution is -0.151. The first-order chi connectivity index (χ1) is 9.62. The molecule has 0 radical (unpaired) electrons. The molecule has 1 saturated heterocycles. The van der Waals surface area contributed by atoms with Crippen LogP contribution in [-0.4, -0.2) is 36.6 Å². The number of carboxylic acid groups (broad SMARTS) is 1. The molecule has 2 rings (SSSR count). The molecular formula is C15H26N2O3. The number of nitrogens with one attached hydrogen (secondary N) is 2. The third-order valence-corrected chi connectivity index (χ3v) is 4.83. The largest absolute Gasteiger partial charge is 0.481 e. The molecule has 114 valence electrons. The molecular weight excluding hydrogens is 256 g/mol. The molecule has 2 aliphatic rings. The van der Waals surface area contributed by atoms with Crippen molar-refractivity contribution in [2.75, 3.05) is 19.6 Å². The van der Waals surface area contributed by atoms with Crippen molar-refractivity contribution in [3.8, 4) is 0 Å². The molecule has 0 aromatic carbocycles. The minimum absolute atomic E-state index is 0.00287. The second kappa shape index (κ2) is 7.07. The van der Waals surface area contributed by atoms with Gasteiger partial charge in [0, 0.05) is 13.0 Å². The summed E-state index contributed by atoms with van der Waals surface area (Å²) in [5, 5.41) is 15.6. The first-order valence-electron chi connectivity index (χ1n) is 7.83. The van der Waals surface area contributed by atoms with Gasteiger partial charge < -0.3 is 15.7 Å². The Balaban J connectivity index is 1.74. The van der Waals surface area contributed by atoms with Gasteiger partial charge in [0.25, 0.3) is 0 Å². The highest BCUT2D eigenvalue weighted by atomic mass is 16.4. The molecule has 0 spiro atoms. The molecule has 3 N–H and O–H groups in total. The summed E-state index contributed by atoms with van der Waals surface area (Å²) in [5.41, 5.74) is -0.719. The van der Waals surface area contributed by atoms with E-state index in [-0.39, 0.29) is 5.91 Å². The highest BCUT2D eigenvalue weighted by Crippen LogP contribution is 2.36. The van der Waals surface area contributed by atoms with Crippen LogP contribution in [-0.2, 0) is 9.59 Å². The summed E-state index contributed by atoms with van der Waals surface area (Å²) < 4.78 is 0. The molecule has 0 aromatic rings. The number of hydrogen-bond donors (Lipinski definition) is 3. The zero-order chi connectivity index (χ0) is 14.4. The van der Waals surface area contributed by atoms with E-state index in [1.54, 1.807) is 0 Å². The van der Waals surface area contributed by atoms with Crippen LogP contribution in [0.4, 0.5) is 0 Å². The Kier molecular flexibility index (Phi) is 5.40. The minimum Gasteiger partial charge on any atom is -0.481 e. The van der Waals surface area contributed by atoms with E-state index in [1.165, 1.54) is 0 Å². The smallest absolute Gasteiger partial charge is 0.311 e. The van der Waals surface area contributed by atoms with Gasteiger partial charge in [0.15, 0.2) is 0 Å². The van der Waals surface area contributed by atoms with E-state index in [0.717, 1.165) is 45.2 Å². The number of aliphatic carboxylic acids is 1. The molecule has 1 aliphatic heterocycles. The van der Waals surface area contributed by atoms with E-state index in [2.05, 4.69) is 10.6 Å². The summed E-state index contributed by atoms with van der Waals surface area (Å²) in [7, 11) is 0. The lowest BCUT2D eigenvalue weighted by Gasteiger charge is -2.33. The van der Waals surface area contributed by atoms with Crippen LogP contribution in [0.3, 0.4) is 0 Å². The van der Waals surface area contributed by atoms with Gasteiger partial charge in [-0.05, 0) is 44.7 Å². The number of carboxylic acids is 1. The number of hydrogen-bond acceptors (Lipinski definition) is 3. The fourth-order valence-corrected chi connectivity index (χ4v) is 3.35. The molecule has 1 aliphatic carbocycles. The molecule has 5 nitrogen and oxygen atoms in total. The van der Waals surface area contributed by atoms with Crippen molar-refractivity contribution < 1.29 is 14.7 Å². The Morgan fingerprint density at radius 3 is 2.60 bits per heavy atom. The maximum absolute atomic E-state index is 11.9. The molecule has 5 heteroatoms. The van der Waals surface area contributed by atoms with Crippen molar-refractivity contribution in [3.05, 3.63) is 0 Å². The molecule has 0 bridgehead atoms. The molecule has 1 heterocycles. The normalized spacial score (nSPS) is 25.3. The first kappa shape index (κ1) is 15.3. The predicted molar refractivity (Wildman–Crippen MR) is 76.4 cm³/mol. The number of carbonyl (C=O) groups is 2. The Hall–Kier alpha value is -1.10. The highest BCUT2D eigenvalue weighted by molar-refractivity contribution is 5.79. The minimum atomic E-state index is -0.752. The maximum Gasteiger partial charge on any atom is 0.311 e. The van der Waals surface area contributed by atoms with Crippen LogP contribution >= 0.6 is 0 Å². The van der Waals surface area contributed by atoms with Gasteiger partial charge in [-0.1, -0.05) is 19.3 Å². The van der Waals surface area contributed by atoms with Crippen molar-refractivity contribution in [3.63, 3.8) is 0 Å². The van der Waals surface area contributed by atoms with Gasteiger partial charge in [0.05, 0.1) is 5.41 Å². The zero-order valence-corrected chi connectivity index (χ0v) is 12.1. The fourth-order valence-electron chi connectivity index (χ4n) is 3.35. The lowest BCUT2D eigenvalue weighted by Crippen LogP contribution is -2.44. The van der Waals surface area contributed by atoms with Crippen LogP contribution in [0.25, 0.3) is 0 Å². The van der Waals surface area contributed by atoms with E-state index < -0.39 is 11.4 Å². The van der Waals surface area contributed by atoms with Gasteiger partial charge in [-0.2, -0.15) is 0 Å². The van der Waals surface area contributed by atoms with Gasteiger partial charge in [-0.25, -0.2) is 0 Å². The van der Waals surface area contributed by atoms with Crippen molar-refractivity contribution in [2.24, 2.45) is 11.3 Å². The van der Waals surface area contributed by atoms with Gasteiger partial charge in [0.1, 0.15) is 0 Å². The molecule has 0 aromatic heterocycles. The van der Waals surface area contributed by atoms with Gasteiger partial charge >= 0.3 is 5.97 Å². The summed E-state index contributed by atoms with van der Waals surface area (Å²) in [4.78, 5) is 23.4. The average molecular weight is 282 g/mol.